The fourth-order valence-corrected chi connectivity index (χ4v) is 1.91. The Kier molecular flexibility index (Phi) is 6.12. The van der Waals surface area contributed by atoms with Gasteiger partial charge in [0.05, 0.1) is 12.2 Å². The first kappa shape index (κ1) is 15.5. The molecule has 102 valence electrons. The summed E-state index contributed by atoms with van der Waals surface area (Å²) in [5, 5.41) is 12.9. The number of halogens is 1. The summed E-state index contributed by atoms with van der Waals surface area (Å²) in [6.07, 6.45) is 0.615. The van der Waals surface area contributed by atoms with Gasteiger partial charge in [-0.2, -0.15) is 0 Å². The van der Waals surface area contributed by atoms with E-state index in [1.54, 1.807) is 13.8 Å². The van der Waals surface area contributed by atoms with Gasteiger partial charge in [0, 0.05) is 23.0 Å². The van der Waals surface area contributed by atoms with Crippen LogP contribution in [0.25, 0.3) is 0 Å². The van der Waals surface area contributed by atoms with E-state index in [4.69, 9.17) is 4.74 Å². The van der Waals surface area contributed by atoms with Gasteiger partial charge in [-0.15, -0.1) is 0 Å². The van der Waals surface area contributed by atoms with Gasteiger partial charge in [-0.05, 0) is 38.6 Å². The predicted octanol–water partition coefficient (Wildman–Crippen LogP) is 3.10. The number of benzene rings is 1. The van der Waals surface area contributed by atoms with Gasteiger partial charge in [-0.25, -0.2) is 0 Å². The number of rotatable bonds is 7. The number of nitrogens with one attached hydrogen (secondary N) is 1. The Labute approximate surface area is 118 Å². The van der Waals surface area contributed by atoms with Crippen LogP contribution in [0.2, 0.25) is 0 Å². The molecule has 2 N–H and O–H groups in total. The Morgan fingerprint density at radius 1 is 1.39 bits per heavy atom. The minimum absolute atomic E-state index is 0.518. The molecule has 1 rings (SSSR count). The molecule has 0 aromatic heterocycles. The number of ether oxygens (including phenoxy) is 1. The molecule has 0 amide bonds. The maximum Gasteiger partial charge on any atom is 0.123 e. The Hall–Kier alpha value is -0.580. The minimum Gasteiger partial charge on any atom is -0.493 e. The highest BCUT2D eigenvalue weighted by molar-refractivity contribution is 9.10. The van der Waals surface area contributed by atoms with Crippen molar-refractivity contribution in [1.82, 2.24) is 5.32 Å². The first-order chi connectivity index (χ1) is 8.42. The van der Waals surface area contributed by atoms with E-state index in [9.17, 15) is 5.11 Å². The lowest BCUT2D eigenvalue weighted by molar-refractivity contribution is 0.0552. The Balaban J connectivity index is 2.63. The third kappa shape index (κ3) is 5.85. The van der Waals surface area contributed by atoms with Crippen molar-refractivity contribution in [3.8, 4) is 5.75 Å². The van der Waals surface area contributed by atoms with E-state index in [1.165, 1.54) is 0 Å². The predicted molar refractivity (Wildman–Crippen MR) is 77.9 cm³/mol. The first-order valence-corrected chi connectivity index (χ1v) is 7.06. The van der Waals surface area contributed by atoms with Gasteiger partial charge in [-0.1, -0.05) is 22.9 Å². The van der Waals surface area contributed by atoms with Crippen molar-refractivity contribution in [3.05, 3.63) is 28.2 Å². The van der Waals surface area contributed by atoms with Crippen LogP contribution in [0.1, 0.15) is 32.8 Å². The normalized spacial score (nSPS) is 11.6. The van der Waals surface area contributed by atoms with E-state index in [0.29, 0.717) is 13.0 Å². The van der Waals surface area contributed by atoms with Crippen molar-refractivity contribution >= 4 is 15.9 Å². The van der Waals surface area contributed by atoms with Crippen LogP contribution in [-0.2, 0) is 6.54 Å². The maximum atomic E-state index is 9.65. The molecular weight excluding hydrogens is 294 g/mol. The average molecular weight is 316 g/mol. The maximum absolute atomic E-state index is 9.65. The van der Waals surface area contributed by atoms with E-state index < -0.39 is 5.60 Å². The van der Waals surface area contributed by atoms with Gasteiger partial charge < -0.3 is 15.2 Å². The third-order valence-electron chi connectivity index (χ3n) is 2.56. The summed E-state index contributed by atoms with van der Waals surface area (Å²) in [5.74, 6) is 0.878. The number of hydrogen-bond donors (Lipinski definition) is 2. The standard InChI is InChI=1S/C14H22BrNO2/c1-4-16-10-11-9-12(15)5-6-13(11)18-8-7-14(2,3)17/h5-6,9,16-17H,4,7-8,10H2,1-3H3. The summed E-state index contributed by atoms with van der Waals surface area (Å²) in [6, 6.07) is 5.98. The summed E-state index contributed by atoms with van der Waals surface area (Å²) in [6.45, 7) is 7.88. The highest BCUT2D eigenvalue weighted by atomic mass is 79.9. The molecule has 1 aromatic carbocycles. The molecule has 0 saturated carbocycles. The molecule has 0 heterocycles. The molecule has 0 aliphatic carbocycles. The smallest absolute Gasteiger partial charge is 0.123 e. The monoisotopic (exact) mass is 315 g/mol. The van der Waals surface area contributed by atoms with Crippen LogP contribution in [0, 0.1) is 0 Å². The van der Waals surface area contributed by atoms with Gasteiger partial charge in [-0.3, -0.25) is 0 Å². The topological polar surface area (TPSA) is 41.5 Å². The van der Waals surface area contributed by atoms with E-state index in [2.05, 4.69) is 34.2 Å². The van der Waals surface area contributed by atoms with E-state index in [-0.39, 0.29) is 0 Å². The SMILES string of the molecule is CCNCc1cc(Br)ccc1OCCC(C)(C)O. The lowest BCUT2D eigenvalue weighted by Gasteiger charge is -2.18. The largest absolute Gasteiger partial charge is 0.493 e. The molecule has 0 aliphatic heterocycles. The second-order valence-corrected chi connectivity index (χ2v) is 5.86. The zero-order chi connectivity index (χ0) is 13.6. The van der Waals surface area contributed by atoms with Crippen LogP contribution in [0.3, 0.4) is 0 Å². The van der Waals surface area contributed by atoms with Crippen LogP contribution >= 0.6 is 15.9 Å². The first-order valence-electron chi connectivity index (χ1n) is 6.26. The molecule has 1 aromatic rings. The highest BCUT2D eigenvalue weighted by Crippen LogP contribution is 2.23. The zero-order valence-corrected chi connectivity index (χ0v) is 12.9. The van der Waals surface area contributed by atoms with E-state index in [1.807, 2.05) is 12.1 Å². The molecular formula is C14H22BrNO2. The van der Waals surface area contributed by atoms with Crippen molar-refractivity contribution in [2.45, 2.75) is 39.3 Å². The molecule has 3 nitrogen and oxygen atoms in total. The summed E-state index contributed by atoms with van der Waals surface area (Å²) in [4.78, 5) is 0. The van der Waals surface area contributed by atoms with Gasteiger partial charge >= 0.3 is 0 Å². The van der Waals surface area contributed by atoms with Crippen molar-refractivity contribution in [2.24, 2.45) is 0 Å². The molecule has 0 fully saturated rings. The Morgan fingerprint density at radius 3 is 2.72 bits per heavy atom. The van der Waals surface area contributed by atoms with Crippen molar-refractivity contribution in [1.29, 1.82) is 0 Å². The average Bonchev–Trinajstić information content (AvgIpc) is 2.27. The van der Waals surface area contributed by atoms with Crippen molar-refractivity contribution < 1.29 is 9.84 Å². The molecule has 0 unspecified atom stereocenters. The lowest BCUT2D eigenvalue weighted by Crippen LogP contribution is -2.22. The molecule has 0 spiro atoms. The van der Waals surface area contributed by atoms with E-state index >= 15 is 0 Å². The Bertz CT molecular complexity index is 375. The van der Waals surface area contributed by atoms with Crippen molar-refractivity contribution in [3.63, 3.8) is 0 Å². The lowest BCUT2D eigenvalue weighted by atomic mass is 10.1. The molecule has 18 heavy (non-hydrogen) atoms. The van der Waals surface area contributed by atoms with Crippen LogP contribution in [0.4, 0.5) is 0 Å². The van der Waals surface area contributed by atoms with Crippen LogP contribution in [0.15, 0.2) is 22.7 Å². The van der Waals surface area contributed by atoms with Gasteiger partial charge in [0.15, 0.2) is 0 Å². The summed E-state index contributed by atoms with van der Waals surface area (Å²) in [7, 11) is 0. The zero-order valence-electron chi connectivity index (χ0n) is 11.3. The quantitative estimate of drug-likeness (QED) is 0.812. The molecule has 0 bridgehead atoms. The molecule has 0 aliphatic rings. The van der Waals surface area contributed by atoms with Gasteiger partial charge in [0.1, 0.15) is 5.75 Å². The highest BCUT2D eigenvalue weighted by Gasteiger charge is 2.13. The molecule has 0 saturated heterocycles. The second kappa shape index (κ2) is 7.12. The van der Waals surface area contributed by atoms with Crippen LogP contribution in [-0.4, -0.2) is 23.9 Å². The van der Waals surface area contributed by atoms with Crippen LogP contribution < -0.4 is 10.1 Å². The van der Waals surface area contributed by atoms with Crippen molar-refractivity contribution in [2.75, 3.05) is 13.2 Å². The number of hydrogen-bond acceptors (Lipinski definition) is 3. The van der Waals surface area contributed by atoms with Gasteiger partial charge in [0.2, 0.25) is 0 Å². The molecule has 0 atom stereocenters. The van der Waals surface area contributed by atoms with E-state index in [0.717, 1.165) is 28.9 Å². The Morgan fingerprint density at radius 2 is 2.11 bits per heavy atom. The minimum atomic E-state index is -0.683. The fourth-order valence-electron chi connectivity index (χ4n) is 1.50. The second-order valence-electron chi connectivity index (χ2n) is 4.94. The van der Waals surface area contributed by atoms with Crippen LogP contribution in [0.5, 0.6) is 5.75 Å². The summed E-state index contributed by atoms with van der Waals surface area (Å²) < 4.78 is 6.79. The summed E-state index contributed by atoms with van der Waals surface area (Å²) >= 11 is 3.46. The fraction of sp³-hybridized carbons (Fsp3) is 0.571. The van der Waals surface area contributed by atoms with Gasteiger partial charge in [0.25, 0.3) is 0 Å². The number of aliphatic hydroxyl groups is 1. The molecule has 0 radical (unpaired) electrons. The third-order valence-corrected chi connectivity index (χ3v) is 3.05. The summed E-state index contributed by atoms with van der Waals surface area (Å²) in [5.41, 5.74) is 0.443. The molecule has 4 heteroatoms.